The van der Waals surface area contributed by atoms with Gasteiger partial charge in [0, 0.05) is 10.6 Å². The monoisotopic (exact) mass is 291 g/mol. The number of alkyl halides is 3. The lowest BCUT2D eigenvalue weighted by molar-refractivity contribution is -0.134. The molecule has 0 spiro atoms. The second-order valence-electron chi connectivity index (χ2n) is 3.36. The SMILES string of the molecule is O=Cc1nc(-c2cccc(Cl)c2)sc1C(F)(F)F. The Balaban J connectivity index is 2.54. The van der Waals surface area contributed by atoms with Crippen molar-refractivity contribution >= 4 is 29.2 Å². The maximum Gasteiger partial charge on any atom is 0.427 e. The first-order valence-electron chi connectivity index (χ1n) is 4.71. The Labute approximate surface area is 109 Å². The smallest absolute Gasteiger partial charge is 0.296 e. The first kappa shape index (κ1) is 13.0. The molecular weight excluding hydrogens is 287 g/mol. The second kappa shape index (κ2) is 4.70. The Hall–Kier alpha value is -1.40. The molecule has 7 heteroatoms. The quantitative estimate of drug-likeness (QED) is 0.772. The molecule has 2 nitrogen and oxygen atoms in total. The summed E-state index contributed by atoms with van der Waals surface area (Å²) < 4.78 is 37.9. The van der Waals surface area contributed by atoms with Gasteiger partial charge >= 0.3 is 6.18 Å². The van der Waals surface area contributed by atoms with E-state index in [-0.39, 0.29) is 11.3 Å². The predicted octanol–water partition coefficient (Wildman–Crippen LogP) is 4.29. The number of carbonyl (C=O) groups is 1. The fourth-order valence-corrected chi connectivity index (χ4v) is 2.45. The molecule has 0 aliphatic heterocycles. The van der Waals surface area contributed by atoms with Crippen molar-refractivity contribution in [2.75, 3.05) is 0 Å². The molecule has 0 radical (unpaired) electrons. The summed E-state index contributed by atoms with van der Waals surface area (Å²) >= 11 is 6.18. The number of halogens is 4. The highest BCUT2D eigenvalue weighted by Crippen LogP contribution is 2.39. The molecule has 0 saturated heterocycles. The highest BCUT2D eigenvalue weighted by molar-refractivity contribution is 7.15. The van der Waals surface area contributed by atoms with E-state index in [2.05, 4.69) is 4.98 Å². The Bertz CT molecular complexity index is 594. The highest BCUT2D eigenvalue weighted by Gasteiger charge is 2.37. The average Bonchev–Trinajstić information content (AvgIpc) is 2.72. The van der Waals surface area contributed by atoms with Crippen LogP contribution in [0.15, 0.2) is 24.3 Å². The summed E-state index contributed by atoms with van der Waals surface area (Å²) in [6.45, 7) is 0. The first-order valence-corrected chi connectivity index (χ1v) is 5.90. The minimum atomic E-state index is -4.58. The van der Waals surface area contributed by atoms with E-state index in [0.717, 1.165) is 0 Å². The molecular formula is C11H5ClF3NOS. The van der Waals surface area contributed by atoms with Crippen molar-refractivity contribution in [3.63, 3.8) is 0 Å². The van der Waals surface area contributed by atoms with Gasteiger partial charge in [0.1, 0.15) is 15.6 Å². The normalized spacial score (nSPS) is 11.6. The zero-order chi connectivity index (χ0) is 13.3. The van der Waals surface area contributed by atoms with Crippen molar-refractivity contribution in [1.29, 1.82) is 0 Å². The maximum atomic E-state index is 12.6. The van der Waals surface area contributed by atoms with Gasteiger partial charge in [-0.2, -0.15) is 13.2 Å². The standard InChI is InChI=1S/C11H5ClF3NOS/c12-7-3-1-2-6(4-7)10-16-8(5-17)9(18-10)11(13,14)15/h1-5H. The van der Waals surface area contributed by atoms with Gasteiger partial charge in [-0.15, -0.1) is 11.3 Å². The minimum Gasteiger partial charge on any atom is -0.296 e. The van der Waals surface area contributed by atoms with Crippen LogP contribution in [0.4, 0.5) is 13.2 Å². The molecule has 0 N–H and O–H groups in total. The van der Waals surface area contributed by atoms with Gasteiger partial charge in [-0.3, -0.25) is 4.79 Å². The molecule has 18 heavy (non-hydrogen) atoms. The van der Waals surface area contributed by atoms with Crippen LogP contribution in [0.3, 0.4) is 0 Å². The summed E-state index contributed by atoms with van der Waals surface area (Å²) in [5.41, 5.74) is -0.145. The molecule has 2 rings (SSSR count). The lowest BCUT2D eigenvalue weighted by Gasteiger charge is -2.01. The van der Waals surface area contributed by atoms with Crippen molar-refractivity contribution in [3.05, 3.63) is 39.9 Å². The van der Waals surface area contributed by atoms with E-state index in [1.807, 2.05) is 0 Å². The highest BCUT2D eigenvalue weighted by atomic mass is 35.5. The minimum absolute atomic E-state index is 0.105. The molecule has 1 aromatic carbocycles. The lowest BCUT2D eigenvalue weighted by atomic mass is 10.2. The van der Waals surface area contributed by atoms with Gasteiger partial charge < -0.3 is 0 Å². The van der Waals surface area contributed by atoms with Crippen molar-refractivity contribution < 1.29 is 18.0 Å². The number of hydrogen-bond donors (Lipinski definition) is 0. The fraction of sp³-hybridized carbons (Fsp3) is 0.0909. The number of carbonyl (C=O) groups excluding carboxylic acids is 1. The molecule has 0 aliphatic carbocycles. The number of nitrogens with zero attached hydrogens (tertiary/aromatic N) is 1. The Morgan fingerprint density at radius 2 is 2.06 bits per heavy atom. The Morgan fingerprint density at radius 1 is 1.33 bits per heavy atom. The molecule has 0 atom stereocenters. The molecule has 94 valence electrons. The van der Waals surface area contributed by atoms with Gasteiger partial charge in [0.05, 0.1) is 0 Å². The second-order valence-corrected chi connectivity index (χ2v) is 4.79. The number of aldehydes is 1. The van der Waals surface area contributed by atoms with Gasteiger partial charge in [0.15, 0.2) is 6.29 Å². The van der Waals surface area contributed by atoms with Crippen LogP contribution in [0.25, 0.3) is 10.6 Å². The summed E-state index contributed by atoms with van der Waals surface area (Å²) in [7, 11) is 0. The van der Waals surface area contributed by atoms with Crippen LogP contribution in [0.2, 0.25) is 5.02 Å². The number of benzene rings is 1. The fourth-order valence-electron chi connectivity index (χ4n) is 1.36. The maximum absolute atomic E-state index is 12.6. The van der Waals surface area contributed by atoms with Crippen LogP contribution >= 0.6 is 22.9 Å². The van der Waals surface area contributed by atoms with Crippen LogP contribution in [0.5, 0.6) is 0 Å². The van der Waals surface area contributed by atoms with E-state index >= 15 is 0 Å². The molecule has 0 amide bonds. The molecule has 0 aliphatic rings. The molecule has 0 saturated carbocycles. The average molecular weight is 292 g/mol. The molecule has 2 aromatic rings. The van der Waals surface area contributed by atoms with E-state index in [4.69, 9.17) is 11.6 Å². The molecule has 1 heterocycles. The molecule has 0 unspecified atom stereocenters. The number of rotatable bonds is 2. The topological polar surface area (TPSA) is 30.0 Å². The van der Waals surface area contributed by atoms with Gasteiger partial charge in [0.25, 0.3) is 0 Å². The Kier molecular flexibility index (Phi) is 3.41. The summed E-state index contributed by atoms with van der Waals surface area (Å²) in [6.07, 6.45) is -4.47. The van der Waals surface area contributed by atoms with E-state index < -0.39 is 16.7 Å². The third-order valence-corrected chi connectivity index (χ3v) is 3.49. The predicted molar refractivity (Wildman–Crippen MR) is 62.9 cm³/mol. The van der Waals surface area contributed by atoms with Gasteiger partial charge in [0.2, 0.25) is 0 Å². The van der Waals surface area contributed by atoms with Crippen LogP contribution in [-0.2, 0) is 6.18 Å². The number of thiazole rings is 1. The van der Waals surface area contributed by atoms with E-state index in [1.165, 1.54) is 6.07 Å². The summed E-state index contributed by atoms with van der Waals surface area (Å²) in [5, 5.41) is 0.510. The lowest BCUT2D eigenvalue weighted by Crippen LogP contribution is -2.05. The van der Waals surface area contributed by atoms with Crippen LogP contribution in [0.1, 0.15) is 15.4 Å². The zero-order valence-corrected chi connectivity index (χ0v) is 10.2. The van der Waals surface area contributed by atoms with E-state index in [9.17, 15) is 18.0 Å². The first-order chi connectivity index (χ1) is 8.41. The van der Waals surface area contributed by atoms with Crippen molar-refractivity contribution in [1.82, 2.24) is 4.98 Å². The number of hydrogen-bond acceptors (Lipinski definition) is 3. The van der Waals surface area contributed by atoms with E-state index in [1.54, 1.807) is 18.2 Å². The van der Waals surface area contributed by atoms with Gasteiger partial charge in [-0.25, -0.2) is 4.98 Å². The molecule has 0 fully saturated rings. The third kappa shape index (κ3) is 2.54. The zero-order valence-electron chi connectivity index (χ0n) is 8.66. The molecule has 1 aromatic heterocycles. The molecule has 0 bridgehead atoms. The van der Waals surface area contributed by atoms with Crippen molar-refractivity contribution in [2.45, 2.75) is 6.18 Å². The third-order valence-electron chi connectivity index (χ3n) is 2.09. The van der Waals surface area contributed by atoms with Gasteiger partial charge in [-0.05, 0) is 12.1 Å². The summed E-state index contributed by atoms with van der Waals surface area (Å²) in [6, 6.07) is 6.28. The van der Waals surface area contributed by atoms with E-state index in [0.29, 0.717) is 21.9 Å². The van der Waals surface area contributed by atoms with Crippen molar-refractivity contribution in [2.24, 2.45) is 0 Å². The van der Waals surface area contributed by atoms with Crippen LogP contribution < -0.4 is 0 Å². The van der Waals surface area contributed by atoms with Crippen LogP contribution in [-0.4, -0.2) is 11.3 Å². The Morgan fingerprint density at radius 3 is 2.56 bits per heavy atom. The number of aromatic nitrogens is 1. The summed E-state index contributed by atoms with van der Waals surface area (Å²) in [5.74, 6) is 0. The van der Waals surface area contributed by atoms with Gasteiger partial charge in [-0.1, -0.05) is 23.7 Å². The summed E-state index contributed by atoms with van der Waals surface area (Å²) in [4.78, 5) is 13.3. The van der Waals surface area contributed by atoms with Crippen molar-refractivity contribution in [3.8, 4) is 10.6 Å². The largest absolute Gasteiger partial charge is 0.427 e. The van der Waals surface area contributed by atoms with Crippen LogP contribution in [0, 0.1) is 0 Å².